The van der Waals surface area contributed by atoms with Crippen LogP contribution in [0.5, 0.6) is 0 Å². The fraction of sp³-hybridized carbons (Fsp3) is 0.528. The van der Waals surface area contributed by atoms with Crippen LogP contribution >= 0.6 is 0 Å². The number of benzene rings is 2. The highest BCUT2D eigenvalue weighted by Crippen LogP contribution is 2.70. The lowest BCUT2D eigenvalue weighted by Gasteiger charge is -2.62. The van der Waals surface area contributed by atoms with Crippen molar-refractivity contribution in [1.82, 2.24) is 0 Å². The third-order valence-corrected chi connectivity index (χ3v) is 11.3. The van der Waals surface area contributed by atoms with E-state index in [1.165, 1.54) is 32.9 Å². The Hall–Kier alpha value is -3.61. The van der Waals surface area contributed by atoms with Crippen molar-refractivity contribution >= 4 is 17.9 Å². The van der Waals surface area contributed by atoms with Gasteiger partial charge in [0.25, 0.3) is 0 Å². The van der Waals surface area contributed by atoms with Gasteiger partial charge in [0, 0.05) is 18.8 Å². The summed E-state index contributed by atoms with van der Waals surface area (Å²) in [5.74, 6) is -6.36. The lowest BCUT2D eigenvalue weighted by atomic mass is 9.53. The molecule has 3 aliphatic carbocycles. The molecule has 252 valence electrons. The van der Waals surface area contributed by atoms with Crippen LogP contribution in [0.3, 0.4) is 0 Å². The molecular formula is C36H42O11. The summed E-state index contributed by atoms with van der Waals surface area (Å²) in [6, 6.07) is 16.3. The molecule has 1 heterocycles. The van der Waals surface area contributed by atoms with Gasteiger partial charge in [0.15, 0.2) is 11.7 Å². The van der Waals surface area contributed by atoms with Gasteiger partial charge in [-0.2, -0.15) is 0 Å². The highest BCUT2D eigenvalue weighted by Gasteiger charge is 2.87. The minimum atomic E-state index is -2.33. The second-order valence-electron chi connectivity index (χ2n) is 14.0. The lowest BCUT2D eigenvalue weighted by molar-refractivity contribution is -0.388. The molecule has 1 saturated heterocycles. The van der Waals surface area contributed by atoms with Gasteiger partial charge in [-0.1, -0.05) is 56.8 Å². The molecule has 0 unspecified atom stereocenters. The van der Waals surface area contributed by atoms with Crippen molar-refractivity contribution in [3.63, 3.8) is 0 Å². The third-order valence-electron chi connectivity index (χ3n) is 11.3. The first kappa shape index (κ1) is 33.3. The summed E-state index contributed by atoms with van der Waals surface area (Å²) in [6.45, 7) is 11.4. The minimum absolute atomic E-state index is 0.0292. The predicted octanol–water partition coefficient (Wildman–Crippen LogP) is 2.59. The van der Waals surface area contributed by atoms with Crippen molar-refractivity contribution in [2.75, 3.05) is 0 Å². The van der Waals surface area contributed by atoms with Crippen LogP contribution in [0.1, 0.15) is 61.8 Å². The Morgan fingerprint density at radius 2 is 1.36 bits per heavy atom. The smallest absolute Gasteiger partial charge is 0.338 e. The molecule has 6 rings (SSSR count). The molecule has 13 atom stereocenters. The third kappa shape index (κ3) is 4.47. The van der Waals surface area contributed by atoms with Gasteiger partial charge in [-0.25, -0.2) is 9.59 Å². The number of hydrogen-bond donors (Lipinski definition) is 4. The van der Waals surface area contributed by atoms with Crippen LogP contribution in [0.25, 0.3) is 0 Å². The zero-order valence-corrected chi connectivity index (χ0v) is 27.0. The summed E-state index contributed by atoms with van der Waals surface area (Å²) in [4.78, 5) is 40.0. The summed E-state index contributed by atoms with van der Waals surface area (Å²) >= 11 is 0. The molecule has 0 aromatic heterocycles. The summed E-state index contributed by atoms with van der Waals surface area (Å²) in [7, 11) is 0. The maximum atomic E-state index is 13.8. The maximum Gasteiger partial charge on any atom is 0.338 e. The fourth-order valence-corrected chi connectivity index (χ4v) is 9.17. The van der Waals surface area contributed by atoms with Gasteiger partial charge in [0.05, 0.1) is 34.9 Å². The topological polar surface area (TPSA) is 169 Å². The van der Waals surface area contributed by atoms with E-state index in [1.807, 2.05) is 6.92 Å². The van der Waals surface area contributed by atoms with Gasteiger partial charge in [0.2, 0.25) is 0 Å². The molecule has 4 fully saturated rings. The van der Waals surface area contributed by atoms with E-state index < -0.39 is 94.5 Å². The molecule has 1 aliphatic heterocycles. The zero-order valence-electron chi connectivity index (χ0n) is 27.0. The van der Waals surface area contributed by atoms with Crippen LogP contribution in [0.4, 0.5) is 0 Å². The Labute approximate surface area is 273 Å². The van der Waals surface area contributed by atoms with Crippen LogP contribution in [0.2, 0.25) is 0 Å². The molecule has 11 nitrogen and oxygen atoms in total. The number of ether oxygens (including phenoxy) is 4. The first-order valence-electron chi connectivity index (χ1n) is 15.9. The Morgan fingerprint density at radius 3 is 1.87 bits per heavy atom. The first-order chi connectivity index (χ1) is 22.1. The van der Waals surface area contributed by atoms with Crippen molar-refractivity contribution in [2.45, 2.75) is 94.0 Å². The van der Waals surface area contributed by atoms with E-state index in [2.05, 4.69) is 6.58 Å². The van der Waals surface area contributed by atoms with E-state index in [0.29, 0.717) is 0 Å². The number of aliphatic hydroxyl groups is 4. The Bertz CT molecular complexity index is 1580. The maximum absolute atomic E-state index is 13.8. The van der Waals surface area contributed by atoms with Crippen molar-refractivity contribution in [3.05, 3.63) is 83.9 Å². The molecular weight excluding hydrogens is 608 g/mol. The average molecular weight is 651 g/mol. The van der Waals surface area contributed by atoms with Crippen LogP contribution in [0, 0.1) is 23.7 Å². The minimum Gasteiger partial charge on any atom is -0.459 e. The Kier molecular flexibility index (Phi) is 7.96. The molecule has 3 saturated carbocycles. The molecule has 11 heteroatoms. The highest BCUT2D eigenvalue weighted by molar-refractivity contribution is 5.90. The standard InChI is InChI=1S/C36H42O11/c1-18(2)34(42)26(38)20(4)35(43)24-17-19(3)28(44-21(5)37)36(24)32(46-31(41)23-15-11-8-12-16-23)33(6,47-36)29(25(35)27(34)39)45-30(40)22-13-9-7-10-14-22/h7-16,19-20,24-29,32,38-39,42-43H,1,17H2,2-6H3/t19-,20+,24-,25+,26-,27+,28-,29-,32+,33+,34-,35-,36+/m0/s1. The predicted molar refractivity (Wildman–Crippen MR) is 166 cm³/mol. The number of carbonyl (C=O) groups excluding carboxylic acids is 3. The van der Waals surface area contributed by atoms with Gasteiger partial charge in [0.1, 0.15) is 23.4 Å². The molecule has 1 spiro atoms. The van der Waals surface area contributed by atoms with E-state index in [-0.39, 0.29) is 23.1 Å². The second kappa shape index (κ2) is 11.2. The van der Waals surface area contributed by atoms with E-state index in [1.54, 1.807) is 55.5 Å². The lowest BCUT2D eigenvalue weighted by Crippen LogP contribution is -2.80. The van der Waals surface area contributed by atoms with Crippen molar-refractivity contribution in [1.29, 1.82) is 0 Å². The summed E-state index contributed by atoms with van der Waals surface area (Å²) < 4.78 is 25.1. The van der Waals surface area contributed by atoms with Gasteiger partial charge < -0.3 is 39.4 Å². The van der Waals surface area contributed by atoms with Crippen LogP contribution < -0.4 is 0 Å². The van der Waals surface area contributed by atoms with Crippen LogP contribution in [-0.4, -0.2) is 91.3 Å². The number of aliphatic hydroxyl groups excluding tert-OH is 2. The molecule has 47 heavy (non-hydrogen) atoms. The van der Waals surface area contributed by atoms with Gasteiger partial charge in [-0.05, 0) is 56.0 Å². The molecule has 2 aromatic carbocycles. The summed E-state index contributed by atoms with van der Waals surface area (Å²) in [5.41, 5.74) is -7.48. The SMILES string of the molecule is C=C(C)[C@@]1(O)[C@H](O)[C@@H]2[C@H](OC(=O)c3ccccc3)[C@@]3(C)O[C@@]4([C@@H]3OC(=O)c3ccccc3)[C@@H](OC(C)=O)[C@@H](C)C[C@H]4[C@@]2(O)[C@H](C)[C@@H]1O. The van der Waals surface area contributed by atoms with Gasteiger partial charge in [-0.15, -0.1) is 0 Å². The summed E-state index contributed by atoms with van der Waals surface area (Å²) in [6.07, 6.45) is -7.41. The molecule has 0 amide bonds. The highest BCUT2D eigenvalue weighted by atomic mass is 16.7. The van der Waals surface area contributed by atoms with E-state index >= 15 is 0 Å². The monoisotopic (exact) mass is 650 g/mol. The normalized spacial score (nSPS) is 43.3. The second-order valence-corrected chi connectivity index (χ2v) is 14.0. The molecule has 4 aliphatic rings. The molecule has 2 aromatic rings. The fourth-order valence-electron chi connectivity index (χ4n) is 9.17. The first-order valence-corrected chi connectivity index (χ1v) is 15.9. The van der Waals surface area contributed by atoms with Crippen LogP contribution in [-0.2, 0) is 23.7 Å². The van der Waals surface area contributed by atoms with Gasteiger partial charge >= 0.3 is 17.9 Å². The quantitative estimate of drug-likeness (QED) is 0.206. The van der Waals surface area contributed by atoms with E-state index in [9.17, 15) is 34.8 Å². The van der Waals surface area contributed by atoms with E-state index in [0.717, 1.165) is 0 Å². The van der Waals surface area contributed by atoms with E-state index in [4.69, 9.17) is 18.9 Å². The van der Waals surface area contributed by atoms with Crippen molar-refractivity contribution in [3.8, 4) is 0 Å². The van der Waals surface area contributed by atoms with Crippen LogP contribution in [0.15, 0.2) is 72.8 Å². The number of esters is 3. The number of hydrogen-bond acceptors (Lipinski definition) is 11. The molecule has 0 radical (unpaired) electrons. The number of rotatable bonds is 6. The zero-order chi connectivity index (χ0) is 34.3. The van der Waals surface area contributed by atoms with Crippen molar-refractivity contribution in [2.24, 2.45) is 23.7 Å². The Balaban J connectivity index is 1.59. The average Bonchev–Trinajstić information content (AvgIpc) is 3.27. The number of fused-ring (bicyclic) bond motifs is 3. The van der Waals surface area contributed by atoms with Gasteiger partial charge in [-0.3, -0.25) is 4.79 Å². The Morgan fingerprint density at radius 1 is 0.830 bits per heavy atom. The molecule has 4 N–H and O–H groups in total. The number of carbonyl (C=O) groups is 3. The molecule has 2 bridgehead atoms. The van der Waals surface area contributed by atoms with Crippen molar-refractivity contribution < 1.29 is 53.8 Å². The summed E-state index contributed by atoms with van der Waals surface area (Å²) in [5, 5.41) is 48.9. The largest absolute Gasteiger partial charge is 0.459 e.